The highest BCUT2D eigenvalue weighted by Gasteiger charge is 2.05. The van der Waals surface area contributed by atoms with Gasteiger partial charge in [-0.1, -0.05) is 57.0 Å². The van der Waals surface area contributed by atoms with Crippen molar-refractivity contribution < 1.29 is 4.57 Å². The third-order valence-electron chi connectivity index (χ3n) is 3.08. The van der Waals surface area contributed by atoms with Crippen molar-refractivity contribution in [3.63, 3.8) is 0 Å². The summed E-state index contributed by atoms with van der Waals surface area (Å²) in [6, 6.07) is 14.3. The van der Waals surface area contributed by atoms with Crippen molar-refractivity contribution in [1.29, 1.82) is 0 Å². The molecule has 3 aromatic rings. The first-order valence-electron chi connectivity index (χ1n) is 8.65. The number of hydrogen-bond acceptors (Lipinski definition) is 3. The van der Waals surface area contributed by atoms with Crippen LogP contribution >= 0.6 is 7.14 Å². The highest BCUT2D eigenvalue weighted by atomic mass is 31.2. The summed E-state index contributed by atoms with van der Waals surface area (Å²) in [4.78, 5) is 4.18. The lowest BCUT2D eigenvalue weighted by atomic mass is 10.2. The number of nitrogens with zero attached hydrogens (tertiary/aromatic N) is 3. The fourth-order valence-corrected chi connectivity index (χ4v) is 1.81. The minimum absolute atomic E-state index is 0.779. The summed E-state index contributed by atoms with van der Waals surface area (Å²) < 4.78 is 12.1. The van der Waals surface area contributed by atoms with Gasteiger partial charge in [0.1, 0.15) is 5.82 Å². The summed E-state index contributed by atoms with van der Waals surface area (Å²) in [5.41, 5.74) is 3.28. The number of rotatable bonds is 2. The van der Waals surface area contributed by atoms with Gasteiger partial charge in [-0.2, -0.15) is 5.10 Å². The summed E-state index contributed by atoms with van der Waals surface area (Å²) in [6.07, 6.45) is 4.48. The highest BCUT2D eigenvalue weighted by molar-refractivity contribution is 7.61. The molecule has 2 heterocycles. The first-order chi connectivity index (χ1) is 11.8. The monoisotopic (exact) mass is 359 g/mol. The molecule has 0 fully saturated rings. The fourth-order valence-electron chi connectivity index (χ4n) is 1.81. The Labute approximate surface area is 151 Å². The van der Waals surface area contributed by atoms with Crippen molar-refractivity contribution in [3.05, 3.63) is 54.5 Å². The van der Waals surface area contributed by atoms with Crippen LogP contribution in [-0.2, 0) is 4.57 Å². The molecule has 0 spiro atoms. The van der Waals surface area contributed by atoms with Gasteiger partial charge in [-0.05, 0) is 39.1 Å². The van der Waals surface area contributed by atoms with Crippen molar-refractivity contribution in [3.8, 4) is 11.3 Å². The van der Waals surface area contributed by atoms with Gasteiger partial charge in [0.15, 0.2) is 0 Å². The topological polar surface area (TPSA) is 47.3 Å². The van der Waals surface area contributed by atoms with Crippen LogP contribution < -0.4 is 0 Å². The quantitative estimate of drug-likeness (QED) is 0.547. The van der Waals surface area contributed by atoms with Crippen LogP contribution in [0.1, 0.15) is 32.5 Å². The average Bonchev–Trinajstić information content (AvgIpc) is 2.97. The predicted molar refractivity (Wildman–Crippen MR) is 109 cm³/mol. The van der Waals surface area contributed by atoms with Gasteiger partial charge in [-0.15, -0.1) is 0 Å². The number of fused-ring (bicyclic) bond motifs is 1. The van der Waals surface area contributed by atoms with E-state index in [4.69, 9.17) is 0 Å². The lowest BCUT2D eigenvalue weighted by Crippen LogP contribution is -1.98. The van der Waals surface area contributed by atoms with Gasteiger partial charge in [-0.3, -0.25) is 0 Å². The van der Waals surface area contributed by atoms with Crippen LogP contribution in [0, 0.1) is 6.92 Å². The van der Waals surface area contributed by atoms with E-state index in [1.54, 1.807) is 20.0 Å². The number of benzene rings is 1. The molecule has 0 atom stereocenters. The summed E-state index contributed by atoms with van der Waals surface area (Å²) in [6.45, 7) is 11.5. The molecule has 0 N–H and O–H groups in total. The fraction of sp³-hybridized carbons (Fsp3) is 0.400. The zero-order chi connectivity index (χ0) is 18.9. The molecule has 0 aliphatic heterocycles. The van der Waals surface area contributed by atoms with Gasteiger partial charge in [0.05, 0.1) is 24.5 Å². The van der Waals surface area contributed by atoms with Crippen LogP contribution in [0.3, 0.4) is 0 Å². The van der Waals surface area contributed by atoms with E-state index in [9.17, 15) is 4.57 Å². The van der Waals surface area contributed by atoms with Crippen LogP contribution in [0.2, 0.25) is 0 Å². The van der Waals surface area contributed by atoms with E-state index in [0.29, 0.717) is 0 Å². The molecule has 0 saturated heterocycles. The SMILES string of the molecule is CCCC.CP(C)(C)=O.Cc1ncc2ccc(-c3ccccc3)n2n1. The lowest BCUT2D eigenvalue weighted by molar-refractivity contribution is 0.586. The molecule has 0 aliphatic carbocycles. The zero-order valence-corrected chi connectivity index (χ0v) is 17.1. The third kappa shape index (κ3) is 8.13. The van der Waals surface area contributed by atoms with E-state index in [1.165, 1.54) is 18.4 Å². The number of aromatic nitrogens is 3. The second-order valence-corrected chi connectivity index (χ2v) is 10.4. The first kappa shape index (κ1) is 21.1. The summed E-state index contributed by atoms with van der Waals surface area (Å²) in [7, 11) is -1.64. The van der Waals surface area contributed by atoms with Gasteiger partial charge >= 0.3 is 0 Å². The molecule has 0 bridgehead atoms. The Morgan fingerprint density at radius 2 is 1.52 bits per heavy atom. The maximum atomic E-state index is 10.2. The van der Waals surface area contributed by atoms with Crippen molar-refractivity contribution in [2.45, 2.75) is 33.6 Å². The Balaban J connectivity index is 0.000000293. The molecular formula is C20H30N3OP. The van der Waals surface area contributed by atoms with E-state index in [-0.39, 0.29) is 0 Å². The second-order valence-electron chi connectivity index (χ2n) is 6.62. The van der Waals surface area contributed by atoms with Crippen molar-refractivity contribution in [2.75, 3.05) is 20.0 Å². The van der Waals surface area contributed by atoms with Crippen molar-refractivity contribution in [2.24, 2.45) is 0 Å². The minimum Gasteiger partial charge on any atom is -0.324 e. The molecule has 0 unspecified atom stereocenters. The van der Waals surface area contributed by atoms with Gasteiger partial charge in [0.25, 0.3) is 0 Å². The Hall–Kier alpha value is -1.93. The van der Waals surface area contributed by atoms with Crippen molar-refractivity contribution >= 4 is 12.7 Å². The molecule has 136 valence electrons. The van der Waals surface area contributed by atoms with E-state index in [0.717, 1.165) is 17.0 Å². The Kier molecular flexibility index (Phi) is 8.57. The Morgan fingerprint density at radius 3 is 2.04 bits per heavy atom. The zero-order valence-electron chi connectivity index (χ0n) is 16.2. The average molecular weight is 359 g/mol. The maximum absolute atomic E-state index is 10.2. The van der Waals surface area contributed by atoms with Crippen LogP contribution in [0.5, 0.6) is 0 Å². The molecule has 4 nitrogen and oxygen atoms in total. The van der Waals surface area contributed by atoms with Crippen LogP contribution in [0.25, 0.3) is 16.8 Å². The van der Waals surface area contributed by atoms with E-state index in [2.05, 4.69) is 42.1 Å². The summed E-state index contributed by atoms with van der Waals surface area (Å²) in [5, 5.41) is 4.42. The van der Waals surface area contributed by atoms with E-state index >= 15 is 0 Å². The summed E-state index contributed by atoms with van der Waals surface area (Å²) >= 11 is 0. The van der Waals surface area contributed by atoms with Crippen LogP contribution in [-0.4, -0.2) is 34.6 Å². The van der Waals surface area contributed by atoms with Gasteiger partial charge in [-0.25, -0.2) is 9.50 Å². The molecular weight excluding hydrogens is 329 g/mol. The van der Waals surface area contributed by atoms with Crippen molar-refractivity contribution in [1.82, 2.24) is 14.6 Å². The normalized spacial score (nSPS) is 10.5. The number of aryl methyl sites for hydroxylation is 1. The van der Waals surface area contributed by atoms with Gasteiger partial charge in [0.2, 0.25) is 0 Å². The molecule has 0 aliphatic rings. The third-order valence-corrected chi connectivity index (χ3v) is 3.08. The van der Waals surface area contributed by atoms with Gasteiger partial charge in [0, 0.05) is 5.56 Å². The van der Waals surface area contributed by atoms with Crippen LogP contribution in [0.4, 0.5) is 0 Å². The predicted octanol–water partition coefficient (Wildman–Crippen LogP) is 5.75. The number of hydrogen-bond donors (Lipinski definition) is 0. The van der Waals surface area contributed by atoms with Crippen LogP contribution in [0.15, 0.2) is 48.7 Å². The molecule has 0 saturated carbocycles. The minimum atomic E-state index is -1.64. The Bertz CT molecular complexity index is 796. The molecule has 0 radical (unpaired) electrons. The summed E-state index contributed by atoms with van der Waals surface area (Å²) in [5.74, 6) is 0.779. The molecule has 1 aromatic carbocycles. The highest BCUT2D eigenvalue weighted by Crippen LogP contribution is 2.28. The molecule has 0 amide bonds. The first-order valence-corrected chi connectivity index (χ1v) is 11.7. The standard InChI is InChI=1S/C13H11N3.C4H10.C3H9OP/c1-10-14-9-12-7-8-13(16(12)15-10)11-5-3-2-4-6-11;1-3-4-2;1-5(2,3)4/h2-9H,1H3;3-4H2,1-2H3;1-3H3. The van der Waals surface area contributed by atoms with E-state index < -0.39 is 7.14 Å². The molecule has 3 rings (SSSR count). The van der Waals surface area contributed by atoms with E-state index in [1.807, 2.05) is 41.9 Å². The smallest absolute Gasteiger partial charge is 0.146 e. The maximum Gasteiger partial charge on any atom is 0.146 e. The number of unbranched alkanes of at least 4 members (excludes halogenated alkanes) is 1. The largest absolute Gasteiger partial charge is 0.324 e. The Morgan fingerprint density at radius 1 is 0.960 bits per heavy atom. The lowest BCUT2D eigenvalue weighted by Gasteiger charge is -2.02. The molecule has 5 heteroatoms. The second kappa shape index (κ2) is 10.1. The molecule has 2 aromatic heterocycles. The molecule has 25 heavy (non-hydrogen) atoms. The van der Waals surface area contributed by atoms with Gasteiger partial charge < -0.3 is 4.57 Å².